The summed E-state index contributed by atoms with van der Waals surface area (Å²) < 4.78 is 32.8. The molecule has 0 aliphatic carbocycles. The Balaban J connectivity index is 1.50. The summed E-state index contributed by atoms with van der Waals surface area (Å²) in [6.45, 7) is 3.79. The number of hydrogen-bond donors (Lipinski definition) is 0. The van der Waals surface area contributed by atoms with Crippen LogP contribution in [0.25, 0.3) is 22.5 Å². The molecule has 0 amide bonds. The molecule has 3 rings (SSSR count). The first-order valence-electron chi connectivity index (χ1n) is 13.0. The van der Waals surface area contributed by atoms with Gasteiger partial charge in [-0.3, -0.25) is 0 Å². The minimum atomic E-state index is -1.62. The molecule has 1 aromatic heterocycles. The second kappa shape index (κ2) is 14.6. The molecule has 3 aromatic rings. The molecule has 0 radical (unpaired) electrons. The van der Waals surface area contributed by atoms with E-state index in [0.717, 1.165) is 23.1 Å². The second-order valence-electron chi connectivity index (χ2n) is 9.17. The van der Waals surface area contributed by atoms with E-state index in [-0.39, 0.29) is 13.0 Å². The van der Waals surface area contributed by atoms with E-state index in [0.29, 0.717) is 18.0 Å². The van der Waals surface area contributed by atoms with Crippen LogP contribution in [0, 0.1) is 0 Å². The highest BCUT2D eigenvalue weighted by Crippen LogP contribution is 2.23. The Hall–Kier alpha value is -2.82. The Morgan fingerprint density at radius 2 is 1.31 bits per heavy atom. The summed E-state index contributed by atoms with van der Waals surface area (Å²) in [5.74, 6) is 1.10. The lowest BCUT2D eigenvalue weighted by atomic mass is 10.0. The van der Waals surface area contributed by atoms with Crippen molar-refractivity contribution in [2.75, 3.05) is 6.61 Å². The number of nitrogens with zero attached hydrogens (tertiary/aromatic N) is 2. The van der Waals surface area contributed by atoms with Crippen LogP contribution in [0.15, 0.2) is 60.9 Å². The summed E-state index contributed by atoms with van der Waals surface area (Å²) in [6.07, 6.45) is 10.4. The molecule has 5 heteroatoms. The standard InChI is InChI=1S/C30H38F2N2O/c1-3-5-6-7-8-9-11-23-12-14-24(15-13-23)26-20-33-30(34-21-26)25-16-18-27(19-17-25)35-22-29(32)28(31)10-4-2/h12-21,28-29H,3-11,22H2,1-2H3/t28-,29-/m1/s1. The Kier molecular flexibility index (Phi) is 11.1. The maximum atomic E-state index is 13.8. The zero-order chi connectivity index (χ0) is 24.9. The summed E-state index contributed by atoms with van der Waals surface area (Å²) >= 11 is 0. The predicted octanol–water partition coefficient (Wildman–Crippen LogP) is 8.57. The van der Waals surface area contributed by atoms with Gasteiger partial charge in [0.2, 0.25) is 0 Å². The molecule has 0 fully saturated rings. The van der Waals surface area contributed by atoms with Gasteiger partial charge in [-0.15, -0.1) is 0 Å². The average Bonchev–Trinajstić information content (AvgIpc) is 2.90. The van der Waals surface area contributed by atoms with Gasteiger partial charge in [0.15, 0.2) is 12.0 Å². The first-order chi connectivity index (χ1) is 17.1. The molecule has 0 spiro atoms. The van der Waals surface area contributed by atoms with Crippen LogP contribution in [0.2, 0.25) is 0 Å². The molecule has 35 heavy (non-hydrogen) atoms. The van der Waals surface area contributed by atoms with Gasteiger partial charge in [-0.1, -0.05) is 76.6 Å². The van der Waals surface area contributed by atoms with Gasteiger partial charge in [-0.2, -0.15) is 0 Å². The van der Waals surface area contributed by atoms with Gasteiger partial charge in [-0.05, 0) is 54.7 Å². The highest BCUT2D eigenvalue weighted by molar-refractivity contribution is 5.64. The van der Waals surface area contributed by atoms with Crippen LogP contribution < -0.4 is 4.74 Å². The number of aromatic nitrogens is 2. The minimum Gasteiger partial charge on any atom is -0.490 e. The fraction of sp³-hybridized carbons (Fsp3) is 0.467. The molecule has 2 atom stereocenters. The predicted molar refractivity (Wildman–Crippen MR) is 140 cm³/mol. The second-order valence-corrected chi connectivity index (χ2v) is 9.17. The number of aryl methyl sites for hydroxylation is 1. The average molecular weight is 481 g/mol. The van der Waals surface area contributed by atoms with Crippen molar-refractivity contribution < 1.29 is 13.5 Å². The van der Waals surface area contributed by atoms with Gasteiger partial charge in [-0.25, -0.2) is 18.7 Å². The van der Waals surface area contributed by atoms with Crippen molar-refractivity contribution in [2.45, 2.75) is 84.0 Å². The van der Waals surface area contributed by atoms with Crippen LogP contribution in [0.5, 0.6) is 5.75 Å². The molecule has 1 heterocycles. The normalized spacial score (nSPS) is 12.9. The number of unbranched alkanes of at least 4 members (excludes halogenated alkanes) is 5. The molecular weight excluding hydrogens is 442 g/mol. The van der Waals surface area contributed by atoms with E-state index in [2.05, 4.69) is 41.2 Å². The number of benzene rings is 2. The number of alkyl halides is 2. The molecule has 0 saturated carbocycles. The van der Waals surface area contributed by atoms with Crippen LogP contribution in [0.3, 0.4) is 0 Å². The Labute approximate surface area is 209 Å². The third kappa shape index (κ3) is 8.72. The van der Waals surface area contributed by atoms with E-state index in [4.69, 9.17) is 4.74 Å². The van der Waals surface area contributed by atoms with Crippen LogP contribution in [-0.2, 0) is 6.42 Å². The largest absolute Gasteiger partial charge is 0.490 e. The number of hydrogen-bond acceptors (Lipinski definition) is 3. The van der Waals surface area contributed by atoms with Crippen LogP contribution in [0.4, 0.5) is 8.78 Å². The Morgan fingerprint density at radius 3 is 1.97 bits per heavy atom. The lowest BCUT2D eigenvalue weighted by Crippen LogP contribution is -2.24. The van der Waals surface area contributed by atoms with Crippen molar-refractivity contribution in [1.29, 1.82) is 0 Å². The van der Waals surface area contributed by atoms with Gasteiger partial charge in [0.1, 0.15) is 18.5 Å². The van der Waals surface area contributed by atoms with Crippen molar-refractivity contribution >= 4 is 0 Å². The molecule has 0 aliphatic rings. The fourth-order valence-corrected chi connectivity index (χ4v) is 4.04. The SMILES string of the molecule is CCCCCCCCc1ccc(-c2cnc(-c3ccc(OC[C@@H](F)[C@H](F)CCC)cc3)nc2)cc1. The third-order valence-corrected chi connectivity index (χ3v) is 6.24. The Bertz CT molecular complexity index is 975. The number of halogens is 2. The van der Waals surface area contributed by atoms with Gasteiger partial charge in [0.05, 0.1) is 0 Å². The molecule has 0 saturated heterocycles. The van der Waals surface area contributed by atoms with Crippen molar-refractivity contribution in [1.82, 2.24) is 9.97 Å². The van der Waals surface area contributed by atoms with E-state index in [1.165, 1.54) is 44.1 Å². The van der Waals surface area contributed by atoms with Crippen LogP contribution in [0.1, 0.15) is 70.8 Å². The van der Waals surface area contributed by atoms with Gasteiger partial charge in [0, 0.05) is 23.5 Å². The minimum absolute atomic E-state index is 0.208. The van der Waals surface area contributed by atoms with Gasteiger partial charge >= 0.3 is 0 Å². The van der Waals surface area contributed by atoms with E-state index in [1.54, 1.807) is 12.1 Å². The molecule has 0 bridgehead atoms. The summed E-state index contributed by atoms with van der Waals surface area (Å²) in [4.78, 5) is 9.04. The first-order valence-corrected chi connectivity index (χ1v) is 13.0. The van der Waals surface area contributed by atoms with Crippen molar-refractivity contribution in [2.24, 2.45) is 0 Å². The number of rotatable bonds is 15. The quantitative estimate of drug-likeness (QED) is 0.204. The lowest BCUT2D eigenvalue weighted by molar-refractivity contribution is 0.103. The summed E-state index contributed by atoms with van der Waals surface area (Å²) in [6, 6.07) is 15.8. The van der Waals surface area contributed by atoms with Crippen molar-refractivity contribution in [3.05, 3.63) is 66.5 Å². The zero-order valence-corrected chi connectivity index (χ0v) is 21.1. The summed E-state index contributed by atoms with van der Waals surface area (Å²) in [5, 5.41) is 0. The first kappa shape index (κ1) is 26.8. The highest BCUT2D eigenvalue weighted by Gasteiger charge is 2.20. The summed E-state index contributed by atoms with van der Waals surface area (Å²) in [5.41, 5.74) is 4.28. The number of ether oxygens (including phenoxy) is 1. The molecular formula is C30H38F2N2O. The van der Waals surface area contributed by atoms with Crippen molar-refractivity contribution in [3.8, 4) is 28.3 Å². The van der Waals surface area contributed by atoms with Crippen LogP contribution >= 0.6 is 0 Å². The molecule has 0 N–H and O–H groups in total. The fourth-order valence-electron chi connectivity index (χ4n) is 4.04. The van der Waals surface area contributed by atoms with E-state index < -0.39 is 12.3 Å². The molecule has 2 aromatic carbocycles. The van der Waals surface area contributed by atoms with E-state index in [9.17, 15) is 8.78 Å². The molecule has 0 unspecified atom stereocenters. The van der Waals surface area contributed by atoms with E-state index >= 15 is 0 Å². The Morgan fingerprint density at radius 1 is 0.686 bits per heavy atom. The maximum Gasteiger partial charge on any atom is 0.165 e. The van der Waals surface area contributed by atoms with Crippen molar-refractivity contribution in [3.63, 3.8) is 0 Å². The topological polar surface area (TPSA) is 35.0 Å². The monoisotopic (exact) mass is 480 g/mol. The maximum absolute atomic E-state index is 13.8. The third-order valence-electron chi connectivity index (χ3n) is 6.24. The van der Waals surface area contributed by atoms with Gasteiger partial charge < -0.3 is 4.74 Å². The highest BCUT2D eigenvalue weighted by atomic mass is 19.2. The summed E-state index contributed by atoms with van der Waals surface area (Å²) in [7, 11) is 0. The van der Waals surface area contributed by atoms with E-state index in [1.807, 2.05) is 31.5 Å². The zero-order valence-electron chi connectivity index (χ0n) is 21.1. The smallest absolute Gasteiger partial charge is 0.165 e. The molecule has 3 nitrogen and oxygen atoms in total. The van der Waals surface area contributed by atoms with Crippen LogP contribution in [-0.4, -0.2) is 28.9 Å². The lowest BCUT2D eigenvalue weighted by Gasteiger charge is -2.14. The molecule has 188 valence electrons. The molecule has 0 aliphatic heterocycles. The van der Waals surface area contributed by atoms with Gasteiger partial charge in [0.25, 0.3) is 0 Å².